The van der Waals surface area contributed by atoms with Crippen molar-refractivity contribution < 1.29 is 14.0 Å². The molecule has 4 N–H and O–H groups in total. The molecule has 0 unspecified atom stereocenters. The maximum atomic E-state index is 13.6. The van der Waals surface area contributed by atoms with Crippen LogP contribution in [0.4, 0.5) is 15.9 Å². The summed E-state index contributed by atoms with van der Waals surface area (Å²) in [6.07, 6.45) is 1.69. The maximum Gasteiger partial charge on any atom is 0.266 e. The second-order valence-corrected chi connectivity index (χ2v) is 5.33. The number of hydrogen-bond acceptors (Lipinski definition) is 6. The molecule has 9 heteroatoms. The second kappa shape index (κ2) is 6.61. The third-order valence-electron chi connectivity index (χ3n) is 2.95. The lowest BCUT2D eigenvalue weighted by atomic mass is 10.1. The van der Waals surface area contributed by atoms with Crippen LogP contribution in [0.5, 0.6) is 0 Å². The summed E-state index contributed by atoms with van der Waals surface area (Å²) in [6.45, 7) is 1.23. The van der Waals surface area contributed by atoms with Crippen LogP contribution in [-0.2, 0) is 0 Å². The van der Waals surface area contributed by atoms with Gasteiger partial charge in [0.25, 0.3) is 11.5 Å². The Balaban J connectivity index is 2.53. The highest BCUT2D eigenvalue weighted by Gasteiger charge is 2.17. The first-order valence-electron chi connectivity index (χ1n) is 6.39. The van der Waals surface area contributed by atoms with E-state index in [1.807, 2.05) is 0 Å². The van der Waals surface area contributed by atoms with Gasteiger partial charge in [0.2, 0.25) is 0 Å². The Bertz CT molecular complexity index is 850. The molecule has 1 aromatic carbocycles. The molecule has 2 rings (SSSR count). The van der Waals surface area contributed by atoms with Crippen molar-refractivity contribution in [3.8, 4) is 0 Å². The van der Waals surface area contributed by atoms with Crippen molar-refractivity contribution in [2.45, 2.75) is 12.1 Å². The molecule has 1 amide bonds. The number of aromatic nitrogens is 2. The van der Waals surface area contributed by atoms with E-state index in [0.29, 0.717) is 5.69 Å². The number of amides is 1. The highest BCUT2D eigenvalue weighted by atomic mass is 32.2. The Morgan fingerprint density at radius 3 is 2.65 bits per heavy atom. The van der Waals surface area contributed by atoms with Crippen LogP contribution in [0, 0.1) is 5.82 Å². The zero-order valence-electron chi connectivity index (χ0n) is 12.3. The molecular weight excluding hydrogens is 323 g/mol. The number of halogens is 1. The average molecular weight is 336 g/mol. The summed E-state index contributed by atoms with van der Waals surface area (Å²) in [5.41, 5.74) is 4.34. The Morgan fingerprint density at radius 2 is 2.09 bits per heavy atom. The molecule has 0 fully saturated rings. The Morgan fingerprint density at radius 1 is 1.39 bits per heavy atom. The number of benzene rings is 1. The van der Waals surface area contributed by atoms with Crippen LogP contribution in [-0.4, -0.2) is 27.9 Å². The molecule has 1 heterocycles. The SMILES string of the molecule is CSc1nc(Nc2ccc(F)c(C(C)=O)c2)c(C(N)=O)c(=O)[nH]1. The predicted molar refractivity (Wildman–Crippen MR) is 84.8 cm³/mol. The molecule has 1 aromatic heterocycles. The smallest absolute Gasteiger partial charge is 0.266 e. The van der Waals surface area contributed by atoms with Gasteiger partial charge in [0, 0.05) is 5.69 Å². The minimum Gasteiger partial charge on any atom is -0.365 e. The van der Waals surface area contributed by atoms with E-state index in [1.54, 1.807) is 6.26 Å². The number of hydrogen-bond donors (Lipinski definition) is 3. The van der Waals surface area contributed by atoms with Gasteiger partial charge in [-0.25, -0.2) is 9.37 Å². The van der Waals surface area contributed by atoms with Crippen LogP contribution in [0.15, 0.2) is 28.2 Å². The monoisotopic (exact) mass is 336 g/mol. The first-order valence-corrected chi connectivity index (χ1v) is 7.61. The van der Waals surface area contributed by atoms with E-state index in [2.05, 4.69) is 15.3 Å². The van der Waals surface area contributed by atoms with E-state index in [0.717, 1.165) is 6.07 Å². The van der Waals surface area contributed by atoms with Gasteiger partial charge < -0.3 is 16.0 Å². The number of anilines is 2. The zero-order chi connectivity index (χ0) is 17.1. The lowest BCUT2D eigenvalue weighted by Crippen LogP contribution is -2.26. The molecule has 23 heavy (non-hydrogen) atoms. The van der Waals surface area contributed by atoms with Gasteiger partial charge >= 0.3 is 0 Å². The fourth-order valence-corrected chi connectivity index (χ4v) is 2.26. The third kappa shape index (κ3) is 3.57. The van der Waals surface area contributed by atoms with E-state index >= 15 is 0 Å². The molecule has 0 saturated carbocycles. The molecule has 7 nitrogen and oxygen atoms in total. The predicted octanol–water partition coefficient (Wildman–Crippen LogP) is 1.68. The highest BCUT2D eigenvalue weighted by Crippen LogP contribution is 2.21. The first kappa shape index (κ1) is 16.7. The molecule has 2 aromatic rings. The summed E-state index contributed by atoms with van der Waals surface area (Å²) in [5.74, 6) is -2.14. The van der Waals surface area contributed by atoms with E-state index in [4.69, 9.17) is 5.73 Å². The molecule has 0 spiro atoms. The molecule has 0 bridgehead atoms. The lowest BCUT2D eigenvalue weighted by molar-refractivity contribution is 0.0994. The number of ketones is 1. The third-order valence-corrected chi connectivity index (χ3v) is 3.53. The van der Waals surface area contributed by atoms with Crippen LogP contribution >= 0.6 is 11.8 Å². The number of nitrogens with one attached hydrogen (secondary N) is 2. The van der Waals surface area contributed by atoms with Gasteiger partial charge in [-0.2, -0.15) is 0 Å². The number of H-pyrrole nitrogens is 1. The van der Waals surface area contributed by atoms with Crippen molar-refractivity contribution in [3.63, 3.8) is 0 Å². The molecule has 0 saturated heterocycles. The number of carbonyl (C=O) groups excluding carboxylic acids is 2. The van der Waals surface area contributed by atoms with Crippen LogP contribution in [0.1, 0.15) is 27.6 Å². The average Bonchev–Trinajstić information content (AvgIpc) is 2.47. The molecule has 0 atom stereocenters. The number of nitrogens with two attached hydrogens (primary N) is 1. The minimum absolute atomic E-state index is 0.0632. The first-order chi connectivity index (χ1) is 10.8. The van der Waals surface area contributed by atoms with Gasteiger partial charge in [0.15, 0.2) is 16.8 Å². The quantitative estimate of drug-likeness (QED) is 0.434. The van der Waals surface area contributed by atoms with Gasteiger partial charge in [-0.05, 0) is 31.4 Å². The second-order valence-electron chi connectivity index (χ2n) is 4.54. The number of thioether (sulfide) groups is 1. The maximum absolute atomic E-state index is 13.6. The van der Waals surface area contributed by atoms with Crippen molar-refractivity contribution in [2.24, 2.45) is 5.73 Å². The van der Waals surface area contributed by atoms with Crippen molar-refractivity contribution in [1.29, 1.82) is 0 Å². The summed E-state index contributed by atoms with van der Waals surface area (Å²) in [7, 11) is 0. The molecule has 0 radical (unpaired) electrons. The van der Waals surface area contributed by atoms with Crippen molar-refractivity contribution in [1.82, 2.24) is 9.97 Å². The lowest BCUT2D eigenvalue weighted by Gasteiger charge is -2.11. The van der Waals surface area contributed by atoms with Crippen LogP contribution in [0.2, 0.25) is 0 Å². The van der Waals surface area contributed by atoms with E-state index in [-0.39, 0.29) is 22.1 Å². The van der Waals surface area contributed by atoms with E-state index in [1.165, 1.54) is 30.8 Å². The van der Waals surface area contributed by atoms with Crippen molar-refractivity contribution in [3.05, 3.63) is 45.5 Å². The van der Waals surface area contributed by atoms with Gasteiger partial charge in [0.1, 0.15) is 11.4 Å². The number of rotatable bonds is 5. The molecular formula is C14H13FN4O3S. The summed E-state index contributed by atoms with van der Waals surface area (Å²) < 4.78 is 13.6. The van der Waals surface area contributed by atoms with Crippen LogP contribution < -0.4 is 16.6 Å². The van der Waals surface area contributed by atoms with Gasteiger partial charge in [-0.3, -0.25) is 14.4 Å². The summed E-state index contributed by atoms with van der Waals surface area (Å²) in [6, 6.07) is 3.73. The number of Topliss-reactive ketones (excluding diaryl/α,β-unsaturated/α-hetero) is 1. The molecule has 0 aliphatic rings. The van der Waals surface area contributed by atoms with Gasteiger partial charge in [0.05, 0.1) is 5.56 Å². The normalized spacial score (nSPS) is 10.4. The summed E-state index contributed by atoms with van der Waals surface area (Å²) in [5, 5.41) is 3.00. The summed E-state index contributed by atoms with van der Waals surface area (Å²) >= 11 is 1.17. The largest absolute Gasteiger partial charge is 0.365 e. The number of nitrogens with zero attached hydrogens (tertiary/aromatic N) is 1. The zero-order valence-corrected chi connectivity index (χ0v) is 13.1. The van der Waals surface area contributed by atoms with Crippen LogP contribution in [0.25, 0.3) is 0 Å². The number of aromatic amines is 1. The Kier molecular flexibility index (Phi) is 4.80. The highest BCUT2D eigenvalue weighted by molar-refractivity contribution is 7.98. The van der Waals surface area contributed by atoms with Crippen molar-refractivity contribution >= 4 is 35.0 Å². The van der Waals surface area contributed by atoms with Crippen molar-refractivity contribution in [2.75, 3.05) is 11.6 Å². The van der Waals surface area contributed by atoms with Gasteiger partial charge in [-0.15, -0.1) is 0 Å². The Hall–Kier alpha value is -2.68. The minimum atomic E-state index is -0.956. The number of carbonyl (C=O) groups is 2. The van der Waals surface area contributed by atoms with E-state index < -0.39 is 23.1 Å². The standard InChI is InChI=1S/C14H13FN4O3S/c1-6(20)8-5-7(3-4-9(8)15)17-12-10(11(16)21)13(22)19-14(18-12)23-2/h3-5H,1-2H3,(H2,16,21)(H2,17,18,19,22). The molecule has 120 valence electrons. The van der Waals surface area contributed by atoms with Crippen LogP contribution in [0.3, 0.4) is 0 Å². The fourth-order valence-electron chi connectivity index (χ4n) is 1.88. The van der Waals surface area contributed by atoms with Gasteiger partial charge in [-0.1, -0.05) is 11.8 Å². The topological polar surface area (TPSA) is 118 Å². The fraction of sp³-hybridized carbons (Fsp3) is 0.143. The summed E-state index contributed by atoms with van der Waals surface area (Å²) in [4.78, 5) is 41.3. The molecule has 0 aliphatic heterocycles. The molecule has 0 aliphatic carbocycles. The number of primary amides is 1. The Labute approximate surface area is 134 Å². The van der Waals surface area contributed by atoms with E-state index in [9.17, 15) is 18.8 Å².